The molecule has 0 amide bonds. The number of nitrogens with zero attached hydrogens (tertiary/aromatic N) is 1. The van der Waals surface area contributed by atoms with Crippen molar-refractivity contribution < 1.29 is 0 Å². The number of hydrogen-bond donors (Lipinski definition) is 1. The van der Waals surface area contributed by atoms with Gasteiger partial charge in [0.25, 0.3) is 0 Å². The molecule has 1 aliphatic rings. The van der Waals surface area contributed by atoms with Crippen molar-refractivity contribution in [3.8, 4) is 0 Å². The number of fused-ring (bicyclic) bond motifs is 1. The molecule has 0 fully saturated rings. The van der Waals surface area contributed by atoms with Crippen LogP contribution in [-0.2, 0) is 12.8 Å². The molecule has 1 atom stereocenters. The van der Waals surface area contributed by atoms with Gasteiger partial charge in [-0.3, -0.25) is 0 Å². The number of nitrogens with two attached hydrogens (primary N) is 1. The number of nitrogen functional groups attached to an aromatic ring is 1. The number of benzene rings is 1. The standard InChI is InChI=1S/C15H24N2/c1-11(2)10-17(3)13-7-8-14-12(9-13)5-4-6-15(14)16/h4-6,11,13H,7-10,16H2,1-3H3. The molecule has 2 heteroatoms. The number of likely N-dealkylation sites (N-methyl/N-ethyl adjacent to an activating group) is 1. The Morgan fingerprint density at radius 1 is 1.41 bits per heavy atom. The van der Waals surface area contributed by atoms with Crippen molar-refractivity contribution in [2.75, 3.05) is 19.3 Å². The SMILES string of the molecule is CC(C)CN(C)C1CCc2c(N)cccc2C1. The van der Waals surface area contributed by atoms with E-state index in [-0.39, 0.29) is 0 Å². The maximum atomic E-state index is 6.03. The molecule has 2 nitrogen and oxygen atoms in total. The summed E-state index contributed by atoms with van der Waals surface area (Å²) in [7, 11) is 2.25. The van der Waals surface area contributed by atoms with Gasteiger partial charge in [-0.25, -0.2) is 0 Å². The van der Waals surface area contributed by atoms with Gasteiger partial charge in [-0.2, -0.15) is 0 Å². The number of anilines is 1. The van der Waals surface area contributed by atoms with Crippen LogP contribution in [0.4, 0.5) is 5.69 Å². The largest absolute Gasteiger partial charge is 0.398 e. The lowest BCUT2D eigenvalue weighted by Gasteiger charge is -2.33. The van der Waals surface area contributed by atoms with Gasteiger partial charge < -0.3 is 10.6 Å². The van der Waals surface area contributed by atoms with Crippen LogP contribution in [0.5, 0.6) is 0 Å². The predicted octanol–water partition coefficient (Wildman–Crippen LogP) is 2.71. The molecule has 1 unspecified atom stereocenters. The lowest BCUT2D eigenvalue weighted by molar-refractivity contribution is 0.200. The molecule has 0 radical (unpaired) electrons. The molecule has 1 aliphatic carbocycles. The van der Waals surface area contributed by atoms with Gasteiger partial charge in [-0.15, -0.1) is 0 Å². The Kier molecular flexibility index (Phi) is 3.72. The molecule has 0 saturated carbocycles. The summed E-state index contributed by atoms with van der Waals surface area (Å²) >= 11 is 0. The molecule has 0 aliphatic heterocycles. The number of hydrogen-bond acceptors (Lipinski definition) is 2. The van der Waals surface area contributed by atoms with Crippen molar-refractivity contribution in [3.05, 3.63) is 29.3 Å². The highest BCUT2D eigenvalue weighted by Gasteiger charge is 2.23. The minimum Gasteiger partial charge on any atom is -0.398 e. The molecular formula is C15H24N2. The first-order chi connectivity index (χ1) is 8.08. The summed E-state index contributed by atoms with van der Waals surface area (Å²) in [5, 5.41) is 0. The first-order valence-electron chi connectivity index (χ1n) is 6.64. The van der Waals surface area contributed by atoms with Crippen LogP contribution < -0.4 is 5.73 Å². The predicted molar refractivity (Wildman–Crippen MR) is 74.1 cm³/mol. The van der Waals surface area contributed by atoms with Crippen molar-refractivity contribution in [2.45, 2.75) is 39.2 Å². The van der Waals surface area contributed by atoms with Crippen molar-refractivity contribution in [1.82, 2.24) is 4.90 Å². The van der Waals surface area contributed by atoms with Gasteiger partial charge in [-0.1, -0.05) is 26.0 Å². The zero-order valence-electron chi connectivity index (χ0n) is 11.2. The maximum absolute atomic E-state index is 6.03. The maximum Gasteiger partial charge on any atom is 0.0349 e. The van der Waals surface area contributed by atoms with Gasteiger partial charge in [0.15, 0.2) is 0 Å². The van der Waals surface area contributed by atoms with Gasteiger partial charge in [0.05, 0.1) is 0 Å². The van der Waals surface area contributed by atoms with Crippen molar-refractivity contribution >= 4 is 5.69 Å². The second kappa shape index (κ2) is 5.09. The van der Waals surface area contributed by atoms with Gasteiger partial charge in [0.1, 0.15) is 0 Å². The zero-order chi connectivity index (χ0) is 12.4. The Labute approximate surface area is 105 Å². The molecule has 0 aromatic heterocycles. The van der Waals surface area contributed by atoms with Crippen LogP contribution in [0.1, 0.15) is 31.4 Å². The minimum atomic E-state index is 0.687. The Morgan fingerprint density at radius 2 is 2.18 bits per heavy atom. The van der Waals surface area contributed by atoms with Crippen molar-refractivity contribution in [2.24, 2.45) is 5.92 Å². The van der Waals surface area contributed by atoms with Gasteiger partial charge >= 0.3 is 0 Å². The second-order valence-corrected chi connectivity index (χ2v) is 5.71. The van der Waals surface area contributed by atoms with Crippen LogP contribution in [0.2, 0.25) is 0 Å². The summed E-state index contributed by atoms with van der Waals surface area (Å²) in [6, 6.07) is 7.03. The van der Waals surface area contributed by atoms with Crippen LogP contribution in [-0.4, -0.2) is 24.5 Å². The molecule has 1 aromatic carbocycles. The van der Waals surface area contributed by atoms with Crippen molar-refractivity contribution in [1.29, 1.82) is 0 Å². The van der Waals surface area contributed by atoms with Crippen LogP contribution >= 0.6 is 0 Å². The zero-order valence-corrected chi connectivity index (χ0v) is 11.2. The molecule has 1 aromatic rings. The van der Waals surface area contributed by atoms with Gasteiger partial charge in [0.2, 0.25) is 0 Å². The highest BCUT2D eigenvalue weighted by Crippen LogP contribution is 2.28. The summed E-state index contributed by atoms with van der Waals surface area (Å²) in [6.45, 7) is 5.75. The van der Waals surface area contributed by atoms with E-state index in [1.54, 1.807) is 0 Å². The fourth-order valence-corrected chi connectivity index (χ4v) is 2.92. The van der Waals surface area contributed by atoms with E-state index >= 15 is 0 Å². The normalized spacial score (nSPS) is 19.7. The van der Waals surface area contributed by atoms with E-state index in [1.807, 2.05) is 6.07 Å². The van der Waals surface area contributed by atoms with Gasteiger partial charge in [-0.05, 0) is 49.4 Å². The van der Waals surface area contributed by atoms with Gasteiger partial charge in [0, 0.05) is 18.3 Å². The lowest BCUT2D eigenvalue weighted by atomic mass is 9.86. The first kappa shape index (κ1) is 12.4. The highest BCUT2D eigenvalue weighted by atomic mass is 15.1. The van der Waals surface area contributed by atoms with E-state index in [9.17, 15) is 0 Å². The van der Waals surface area contributed by atoms with Crippen LogP contribution in [0, 0.1) is 5.92 Å². The second-order valence-electron chi connectivity index (χ2n) is 5.71. The van der Waals surface area contributed by atoms with Crippen molar-refractivity contribution in [3.63, 3.8) is 0 Å². The fraction of sp³-hybridized carbons (Fsp3) is 0.600. The molecule has 2 N–H and O–H groups in total. The summed E-state index contributed by atoms with van der Waals surface area (Å²) < 4.78 is 0. The average Bonchev–Trinajstić information content (AvgIpc) is 2.28. The Morgan fingerprint density at radius 3 is 2.88 bits per heavy atom. The third kappa shape index (κ3) is 2.81. The minimum absolute atomic E-state index is 0.687. The van der Waals surface area contributed by atoms with E-state index in [1.165, 1.54) is 24.1 Å². The van der Waals surface area contributed by atoms with E-state index in [0.29, 0.717) is 6.04 Å². The summed E-state index contributed by atoms with van der Waals surface area (Å²) in [6.07, 6.45) is 3.53. The summed E-state index contributed by atoms with van der Waals surface area (Å²) in [5.41, 5.74) is 9.86. The summed E-state index contributed by atoms with van der Waals surface area (Å²) in [5.74, 6) is 0.738. The molecule has 94 valence electrons. The van der Waals surface area contributed by atoms with E-state index in [2.05, 4.69) is 37.9 Å². The highest BCUT2D eigenvalue weighted by molar-refractivity contribution is 5.52. The van der Waals surface area contributed by atoms with E-state index in [0.717, 1.165) is 24.4 Å². The molecule has 0 saturated heterocycles. The van der Waals surface area contributed by atoms with Crippen LogP contribution in [0.25, 0.3) is 0 Å². The molecule has 17 heavy (non-hydrogen) atoms. The fourth-order valence-electron chi connectivity index (χ4n) is 2.92. The third-order valence-electron chi connectivity index (χ3n) is 3.77. The quantitative estimate of drug-likeness (QED) is 0.812. The Hall–Kier alpha value is -1.02. The first-order valence-corrected chi connectivity index (χ1v) is 6.64. The van der Waals surface area contributed by atoms with Crippen LogP contribution in [0.15, 0.2) is 18.2 Å². The molecule has 0 bridgehead atoms. The number of rotatable bonds is 3. The van der Waals surface area contributed by atoms with Crippen LogP contribution in [0.3, 0.4) is 0 Å². The van der Waals surface area contributed by atoms with E-state index in [4.69, 9.17) is 5.73 Å². The third-order valence-corrected chi connectivity index (χ3v) is 3.77. The topological polar surface area (TPSA) is 29.3 Å². The molecule has 0 heterocycles. The van der Waals surface area contributed by atoms with E-state index < -0.39 is 0 Å². The smallest absolute Gasteiger partial charge is 0.0349 e. The average molecular weight is 232 g/mol. The Balaban J connectivity index is 2.08. The Bertz CT molecular complexity index is 385. The molecule has 2 rings (SSSR count). The molecule has 0 spiro atoms. The summed E-state index contributed by atoms with van der Waals surface area (Å²) in [4.78, 5) is 2.51. The molecular weight excluding hydrogens is 208 g/mol. The monoisotopic (exact) mass is 232 g/mol. The lowest BCUT2D eigenvalue weighted by Crippen LogP contribution is -2.38.